The highest BCUT2D eigenvalue weighted by atomic mass is 16.6. The third kappa shape index (κ3) is 3.45. The van der Waals surface area contributed by atoms with E-state index in [4.69, 9.17) is 9.26 Å². The third-order valence-electron chi connectivity index (χ3n) is 2.59. The smallest absolute Gasteiger partial charge is 0.408 e. The molecule has 6 heteroatoms. The Bertz CT molecular complexity index is 432. The molecule has 1 atom stereocenters. The van der Waals surface area contributed by atoms with Gasteiger partial charge in [0.1, 0.15) is 5.60 Å². The molecule has 0 unspecified atom stereocenters. The van der Waals surface area contributed by atoms with E-state index in [-0.39, 0.29) is 6.04 Å². The van der Waals surface area contributed by atoms with E-state index in [1.54, 1.807) is 6.92 Å². The summed E-state index contributed by atoms with van der Waals surface area (Å²) in [7, 11) is 0. The zero-order valence-corrected chi connectivity index (χ0v) is 11.2. The first kappa shape index (κ1) is 12.9. The van der Waals surface area contributed by atoms with Crippen molar-refractivity contribution in [3.8, 4) is 0 Å². The van der Waals surface area contributed by atoms with E-state index in [9.17, 15) is 4.79 Å². The minimum absolute atomic E-state index is 0.211. The molecule has 0 spiro atoms. The van der Waals surface area contributed by atoms with Crippen LogP contribution in [-0.2, 0) is 4.74 Å². The highest BCUT2D eigenvalue weighted by Gasteiger charge is 2.37. The minimum atomic E-state index is -0.509. The van der Waals surface area contributed by atoms with Crippen molar-refractivity contribution in [2.24, 2.45) is 5.92 Å². The highest BCUT2D eigenvalue weighted by Crippen LogP contribution is 2.40. The van der Waals surface area contributed by atoms with Crippen molar-refractivity contribution in [2.75, 3.05) is 0 Å². The molecule has 1 amide bonds. The van der Waals surface area contributed by atoms with Gasteiger partial charge in [0.25, 0.3) is 0 Å². The lowest BCUT2D eigenvalue weighted by Crippen LogP contribution is -2.36. The molecule has 1 aromatic rings. The second kappa shape index (κ2) is 4.59. The number of rotatable bonds is 3. The van der Waals surface area contributed by atoms with Crippen molar-refractivity contribution < 1.29 is 14.1 Å². The number of hydrogen-bond acceptors (Lipinski definition) is 5. The van der Waals surface area contributed by atoms with Gasteiger partial charge in [-0.3, -0.25) is 0 Å². The molecule has 1 heterocycles. The Morgan fingerprint density at radius 2 is 2.17 bits per heavy atom. The van der Waals surface area contributed by atoms with Crippen LogP contribution in [0.1, 0.15) is 51.4 Å². The van der Waals surface area contributed by atoms with Crippen LogP contribution in [-0.4, -0.2) is 21.8 Å². The molecule has 2 rings (SSSR count). The Labute approximate surface area is 106 Å². The number of hydrogen-bond donors (Lipinski definition) is 1. The van der Waals surface area contributed by atoms with Gasteiger partial charge in [-0.15, -0.1) is 0 Å². The molecule has 1 aliphatic carbocycles. The van der Waals surface area contributed by atoms with Crippen molar-refractivity contribution in [2.45, 2.75) is 52.2 Å². The largest absolute Gasteiger partial charge is 0.444 e. The maximum atomic E-state index is 11.8. The minimum Gasteiger partial charge on any atom is -0.444 e. The quantitative estimate of drug-likeness (QED) is 0.894. The number of alkyl carbamates (subject to hydrolysis) is 1. The predicted molar refractivity (Wildman–Crippen MR) is 63.9 cm³/mol. The van der Waals surface area contributed by atoms with Crippen LogP contribution in [0.5, 0.6) is 0 Å². The van der Waals surface area contributed by atoms with E-state index < -0.39 is 11.7 Å². The number of nitrogens with one attached hydrogen (secondary N) is 1. The van der Waals surface area contributed by atoms with Crippen LogP contribution >= 0.6 is 0 Å². The van der Waals surface area contributed by atoms with E-state index in [1.165, 1.54) is 0 Å². The molecule has 0 bridgehead atoms. The van der Waals surface area contributed by atoms with E-state index in [2.05, 4.69) is 15.5 Å². The van der Waals surface area contributed by atoms with Crippen LogP contribution in [0.2, 0.25) is 0 Å². The standard InChI is InChI=1S/C12H19N3O3/c1-7-13-10(15-18-7)9(8-5-6-8)14-11(16)17-12(2,3)4/h8-9H,5-6H2,1-4H3,(H,14,16)/t9-/m0/s1. The van der Waals surface area contributed by atoms with Crippen molar-refractivity contribution in [1.82, 2.24) is 15.5 Å². The first-order valence-electron chi connectivity index (χ1n) is 6.15. The van der Waals surface area contributed by atoms with Gasteiger partial charge >= 0.3 is 6.09 Å². The fraction of sp³-hybridized carbons (Fsp3) is 0.750. The van der Waals surface area contributed by atoms with E-state index in [0.717, 1.165) is 12.8 Å². The molecule has 6 nitrogen and oxygen atoms in total. The first-order chi connectivity index (χ1) is 8.35. The monoisotopic (exact) mass is 253 g/mol. The Morgan fingerprint density at radius 3 is 2.61 bits per heavy atom. The summed E-state index contributed by atoms with van der Waals surface area (Å²) in [5.41, 5.74) is -0.509. The van der Waals surface area contributed by atoms with Crippen LogP contribution in [0.4, 0.5) is 4.79 Å². The predicted octanol–water partition coefficient (Wildman–Crippen LogP) is 2.35. The zero-order chi connectivity index (χ0) is 13.3. The number of ether oxygens (including phenoxy) is 1. The van der Waals surface area contributed by atoms with Crippen molar-refractivity contribution in [3.05, 3.63) is 11.7 Å². The molecule has 0 aromatic carbocycles. The molecule has 100 valence electrons. The summed E-state index contributed by atoms with van der Waals surface area (Å²) in [4.78, 5) is 15.9. The van der Waals surface area contributed by atoms with Crippen LogP contribution in [0, 0.1) is 12.8 Å². The summed E-state index contributed by atoms with van der Waals surface area (Å²) in [5.74, 6) is 1.41. The summed E-state index contributed by atoms with van der Waals surface area (Å²) < 4.78 is 10.2. The van der Waals surface area contributed by atoms with Gasteiger partial charge in [-0.1, -0.05) is 5.16 Å². The van der Waals surface area contributed by atoms with Gasteiger partial charge in [0.2, 0.25) is 5.89 Å². The van der Waals surface area contributed by atoms with Crippen LogP contribution in [0.25, 0.3) is 0 Å². The van der Waals surface area contributed by atoms with Gasteiger partial charge in [-0.05, 0) is 39.5 Å². The maximum Gasteiger partial charge on any atom is 0.408 e. The highest BCUT2D eigenvalue weighted by molar-refractivity contribution is 5.68. The lowest BCUT2D eigenvalue weighted by molar-refractivity contribution is 0.0494. The molecule has 1 saturated carbocycles. The van der Waals surface area contributed by atoms with Gasteiger partial charge in [0, 0.05) is 6.92 Å². The number of aromatic nitrogens is 2. The number of carbonyl (C=O) groups excluding carboxylic acids is 1. The SMILES string of the molecule is Cc1nc([C@@H](NC(=O)OC(C)(C)C)C2CC2)no1. The summed E-state index contributed by atoms with van der Waals surface area (Å²) in [5, 5.41) is 6.69. The molecule has 0 radical (unpaired) electrons. The van der Waals surface area contributed by atoms with Crippen molar-refractivity contribution >= 4 is 6.09 Å². The molecule has 1 aliphatic rings. The number of nitrogens with zero attached hydrogens (tertiary/aromatic N) is 2. The van der Waals surface area contributed by atoms with Gasteiger partial charge in [-0.2, -0.15) is 4.98 Å². The molecular weight excluding hydrogens is 234 g/mol. The van der Waals surface area contributed by atoms with E-state index in [0.29, 0.717) is 17.6 Å². The first-order valence-corrected chi connectivity index (χ1v) is 6.15. The molecule has 1 fully saturated rings. The third-order valence-corrected chi connectivity index (χ3v) is 2.59. The maximum absolute atomic E-state index is 11.8. The fourth-order valence-corrected chi connectivity index (χ4v) is 1.70. The van der Waals surface area contributed by atoms with E-state index in [1.807, 2.05) is 20.8 Å². The normalized spacial score (nSPS) is 17.3. The summed E-state index contributed by atoms with van der Waals surface area (Å²) >= 11 is 0. The van der Waals surface area contributed by atoms with Crippen LogP contribution < -0.4 is 5.32 Å². The second-order valence-corrected chi connectivity index (χ2v) is 5.63. The second-order valence-electron chi connectivity index (χ2n) is 5.63. The topological polar surface area (TPSA) is 77.2 Å². The summed E-state index contributed by atoms with van der Waals surface area (Å²) in [6.07, 6.45) is 1.68. The summed E-state index contributed by atoms with van der Waals surface area (Å²) in [6, 6.07) is -0.211. The van der Waals surface area contributed by atoms with Crippen molar-refractivity contribution in [3.63, 3.8) is 0 Å². The molecule has 0 aliphatic heterocycles. The van der Waals surface area contributed by atoms with Gasteiger partial charge < -0.3 is 14.6 Å². The van der Waals surface area contributed by atoms with Gasteiger partial charge in [-0.25, -0.2) is 4.79 Å². The Kier molecular flexibility index (Phi) is 3.28. The van der Waals surface area contributed by atoms with Gasteiger partial charge in [0.15, 0.2) is 5.82 Å². The molecule has 18 heavy (non-hydrogen) atoms. The Morgan fingerprint density at radius 1 is 1.50 bits per heavy atom. The number of amides is 1. The Hall–Kier alpha value is -1.59. The molecule has 1 N–H and O–H groups in total. The average molecular weight is 253 g/mol. The average Bonchev–Trinajstić information content (AvgIpc) is 2.95. The number of aryl methyl sites for hydroxylation is 1. The van der Waals surface area contributed by atoms with Crippen LogP contribution in [0.15, 0.2) is 4.52 Å². The summed E-state index contributed by atoms with van der Waals surface area (Å²) in [6.45, 7) is 7.22. The number of carbonyl (C=O) groups is 1. The van der Waals surface area contributed by atoms with Crippen molar-refractivity contribution in [1.29, 1.82) is 0 Å². The molecule has 0 saturated heterocycles. The fourth-order valence-electron chi connectivity index (χ4n) is 1.70. The van der Waals surface area contributed by atoms with Crippen LogP contribution in [0.3, 0.4) is 0 Å². The van der Waals surface area contributed by atoms with Gasteiger partial charge in [0.05, 0.1) is 6.04 Å². The lowest BCUT2D eigenvalue weighted by Gasteiger charge is -2.22. The molecular formula is C12H19N3O3. The Balaban J connectivity index is 2.01. The van der Waals surface area contributed by atoms with E-state index >= 15 is 0 Å². The lowest BCUT2D eigenvalue weighted by atomic mass is 10.2. The molecule has 1 aromatic heterocycles. The zero-order valence-electron chi connectivity index (χ0n) is 11.2.